The predicted octanol–water partition coefficient (Wildman–Crippen LogP) is 11.7. The average Bonchev–Trinajstić information content (AvgIpc) is 4.14. The molecule has 0 aromatic heterocycles. The van der Waals surface area contributed by atoms with E-state index in [0.29, 0.717) is 60.9 Å². The van der Waals surface area contributed by atoms with E-state index in [0.717, 1.165) is 36.7 Å². The molecule has 0 atom stereocenters. The summed E-state index contributed by atoms with van der Waals surface area (Å²) in [6.07, 6.45) is 4.72. The van der Waals surface area contributed by atoms with Crippen LogP contribution < -0.4 is 14.4 Å². The standard InChI is InChI=1S/C21H17NO6S.C20H16BrNO4.C19H14BrNO4S2/c1-13-2-6-15(7-3-13)17(23)11-22-20(26)18(29-21(22)27)10-14-4-8-16(9-5-14)28-12-19(24)25;1-12-18(20(25)26-2)16(11-13-5-3-4-6-17(13)23)19(24)22(12)15-9-7-14(21)8-10-15;20-14-6-7-15(25-11-17(22)23)13(8-14)9-16-18(24)21(19(26)27-16)10-12-4-2-1-3-5-12/h2-10H,11-12H2,1H3,(H,24,25);3-11,23H,1-2H3;1-9H,10-11H2,(H,22,23)/b18-10-;16-11-;16-9-. The Kier molecular flexibility index (Phi) is 21.2. The molecule has 3 heterocycles. The topological polar surface area (TPSA) is 235 Å². The molecule has 82 heavy (non-hydrogen) atoms. The van der Waals surface area contributed by atoms with E-state index >= 15 is 0 Å². The number of carbonyl (C=O) groups excluding carboxylic acids is 6. The Morgan fingerprint density at radius 3 is 1.90 bits per heavy atom. The third-order valence-electron chi connectivity index (χ3n) is 11.9. The Labute approximate surface area is 500 Å². The van der Waals surface area contributed by atoms with Crippen molar-refractivity contribution >= 4 is 142 Å². The summed E-state index contributed by atoms with van der Waals surface area (Å²) in [6.45, 7) is 2.78. The van der Waals surface area contributed by atoms with E-state index in [1.807, 2.05) is 49.4 Å². The van der Waals surface area contributed by atoms with Gasteiger partial charge in [0.25, 0.3) is 23.0 Å². The van der Waals surface area contributed by atoms with Crippen LogP contribution in [0.5, 0.6) is 17.2 Å². The predicted molar refractivity (Wildman–Crippen MR) is 323 cm³/mol. The Bertz CT molecular complexity index is 3630. The number of ether oxygens (including phenoxy) is 3. The number of thioether (sulfide) groups is 2. The van der Waals surface area contributed by atoms with Crippen LogP contribution in [0.3, 0.4) is 0 Å². The van der Waals surface area contributed by atoms with Crippen LogP contribution in [0, 0.1) is 6.92 Å². The molecular weight excluding hydrogens is 1240 g/mol. The number of carboxylic acid groups (broad SMARTS) is 2. The summed E-state index contributed by atoms with van der Waals surface area (Å²) in [5, 5.41) is 26.9. The molecule has 9 rings (SSSR count). The monoisotopic (exact) mass is 1290 g/mol. The van der Waals surface area contributed by atoms with Crippen LogP contribution in [-0.2, 0) is 40.0 Å². The van der Waals surface area contributed by atoms with Crippen molar-refractivity contribution < 1.29 is 67.9 Å². The number of carbonyl (C=O) groups is 8. The second-order valence-electron chi connectivity index (χ2n) is 17.6. The number of para-hydroxylation sites is 1. The first-order valence-corrected chi connectivity index (χ1v) is 28.0. The molecular formula is C60H47Br2N3O14S3. The number of amides is 4. The number of phenolic OH excluding ortho intramolecular Hbond substituents is 1. The number of phenols is 1. The number of Topliss-reactive ketones (excluding diaryl/α,β-unsaturated/α-hetero) is 1. The quantitative estimate of drug-likeness (QED) is 0.0354. The highest BCUT2D eigenvalue weighted by molar-refractivity contribution is 9.10. The van der Waals surface area contributed by atoms with Crippen LogP contribution in [0.2, 0.25) is 0 Å². The zero-order valence-electron chi connectivity index (χ0n) is 43.6. The van der Waals surface area contributed by atoms with Gasteiger partial charge >= 0.3 is 17.9 Å². The number of rotatable bonds is 16. The molecule has 3 N–H and O–H groups in total. The summed E-state index contributed by atoms with van der Waals surface area (Å²) < 4.78 is 17.4. The number of ketones is 1. The summed E-state index contributed by atoms with van der Waals surface area (Å²) >= 11 is 14.1. The maximum atomic E-state index is 13.1. The van der Waals surface area contributed by atoms with Crippen LogP contribution in [0.15, 0.2) is 181 Å². The summed E-state index contributed by atoms with van der Waals surface area (Å²) in [5.74, 6) is -3.34. The Balaban J connectivity index is 0.000000177. The number of halogens is 2. The second-order valence-corrected chi connectivity index (χ2v) is 22.1. The number of imide groups is 1. The van der Waals surface area contributed by atoms with Crippen molar-refractivity contribution in [2.75, 3.05) is 31.8 Å². The van der Waals surface area contributed by atoms with E-state index in [1.165, 1.54) is 35.9 Å². The first-order valence-electron chi connectivity index (χ1n) is 24.3. The average molecular weight is 1290 g/mol. The summed E-state index contributed by atoms with van der Waals surface area (Å²) in [5.41, 5.74) is 5.61. The van der Waals surface area contributed by atoms with Crippen LogP contribution in [0.25, 0.3) is 18.2 Å². The lowest BCUT2D eigenvalue weighted by atomic mass is 10.0. The van der Waals surface area contributed by atoms with E-state index in [1.54, 1.807) is 121 Å². The number of carboxylic acids is 2. The first-order chi connectivity index (χ1) is 39.2. The molecule has 0 aliphatic carbocycles. The Morgan fingerprint density at radius 1 is 0.646 bits per heavy atom. The van der Waals surface area contributed by atoms with Gasteiger partial charge in [0.05, 0.1) is 41.2 Å². The van der Waals surface area contributed by atoms with E-state index in [9.17, 15) is 43.5 Å². The number of hydrogen-bond donors (Lipinski definition) is 3. The van der Waals surface area contributed by atoms with E-state index < -0.39 is 42.3 Å². The fourth-order valence-corrected chi connectivity index (χ4v) is 10.6. The smallest absolute Gasteiger partial charge is 0.341 e. The van der Waals surface area contributed by atoms with Crippen molar-refractivity contribution in [3.8, 4) is 17.2 Å². The molecule has 17 nitrogen and oxygen atoms in total. The van der Waals surface area contributed by atoms with E-state index in [2.05, 4.69) is 31.9 Å². The number of benzene rings is 6. The van der Waals surface area contributed by atoms with Crippen molar-refractivity contribution in [2.45, 2.75) is 20.4 Å². The summed E-state index contributed by atoms with van der Waals surface area (Å²) in [4.78, 5) is 101. The first kappa shape index (κ1) is 61.2. The summed E-state index contributed by atoms with van der Waals surface area (Å²) in [7, 11) is 1.27. The van der Waals surface area contributed by atoms with Gasteiger partial charge in [-0.15, -0.1) is 0 Å². The van der Waals surface area contributed by atoms with Gasteiger partial charge in [-0.2, -0.15) is 0 Å². The van der Waals surface area contributed by atoms with Gasteiger partial charge in [-0.1, -0.05) is 146 Å². The number of aliphatic carboxylic acids is 2. The van der Waals surface area contributed by atoms with Crippen molar-refractivity contribution in [1.82, 2.24) is 9.80 Å². The lowest BCUT2D eigenvalue weighted by Crippen LogP contribution is -2.33. The molecule has 0 saturated carbocycles. The van der Waals surface area contributed by atoms with Crippen LogP contribution in [0.4, 0.5) is 10.5 Å². The fraction of sp³-hybridized carbons (Fsp3) is 0.117. The summed E-state index contributed by atoms with van der Waals surface area (Å²) in [6, 6.07) is 42.0. The molecule has 2 saturated heterocycles. The highest BCUT2D eigenvalue weighted by Gasteiger charge is 2.39. The van der Waals surface area contributed by atoms with Gasteiger partial charge in [0.15, 0.2) is 19.0 Å². The lowest BCUT2D eigenvalue weighted by Gasteiger charge is -2.18. The molecule has 0 radical (unpaired) electrons. The molecule has 418 valence electrons. The van der Waals surface area contributed by atoms with Gasteiger partial charge in [-0.3, -0.25) is 38.7 Å². The van der Waals surface area contributed by atoms with Crippen molar-refractivity contribution in [3.63, 3.8) is 0 Å². The number of aryl methyl sites for hydroxylation is 1. The third-order valence-corrected chi connectivity index (χ3v) is 15.2. The van der Waals surface area contributed by atoms with Crippen molar-refractivity contribution in [1.29, 1.82) is 0 Å². The molecule has 3 aliphatic heterocycles. The van der Waals surface area contributed by atoms with Crippen molar-refractivity contribution in [2.24, 2.45) is 0 Å². The number of allylic oxidation sites excluding steroid dienone is 1. The number of hydrogen-bond acceptors (Lipinski definition) is 15. The normalized spacial score (nSPS) is 15.4. The zero-order chi connectivity index (χ0) is 59.2. The van der Waals surface area contributed by atoms with E-state index in [-0.39, 0.29) is 45.9 Å². The molecule has 0 bridgehead atoms. The fourth-order valence-electron chi connectivity index (χ4n) is 7.86. The molecule has 22 heteroatoms. The van der Waals surface area contributed by atoms with Crippen LogP contribution in [-0.4, -0.2) is 103 Å². The largest absolute Gasteiger partial charge is 0.507 e. The van der Waals surface area contributed by atoms with Gasteiger partial charge in [0, 0.05) is 37.0 Å². The number of methoxy groups -OCH3 is 1. The van der Waals surface area contributed by atoms with Gasteiger partial charge in [-0.05, 0) is 116 Å². The number of thiocarbonyl (C=S) groups is 1. The maximum absolute atomic E-state index is 13.1. The molecule has 0 unspecified atom stereocenters. The number of nitrogens with zero attached hydrogens (tertiary/aromatic N) is 3. The highest BCUT2D eigenvalue weighted by atomic mass is 79.9. The van der Waals surface area contributed by atoms with Gasteiger partial charge in [0.1, 0.15) is 21.6 Å². The minimum atomic E-state index is -1.08. The minimum absolute atomic E-state index is 0.0248. The number of esters is 1. The Hall–Kier alpha value is -8.41. The van der Waals surface area contributed by atoms with Gasteiger partial charge in [-0.25, -0.2) is 14.4 Å². The van der Waals surface area contributed by atoms with Crippen molar-refractivity contribution in [3.05, 3.63) is 215 Å². The Morgan fingerprint density at radius 2 is 1.26 bits per heavy atom. The number of aromatic hydroxyl groups is 1. The highest BCUT2D eigenvalue weighted by Crippen LogP contribution is 2.39. The second kappa shape index (κ2) is 28.3. The van der Waals surface area contributed by atoms with Crippen LogP contribution in [0.1, 0.15) is 45.1 Å². The molecule has 6 aromatic rings. The van der Waals surface area contributed by atoms with Gasteiger partial charge < -0.3 is 29.5 Å². The SMILES string of the molecule is COC(=O)C1=C(C)N(c2ccc(Br)cc2)C(=O)/C1=C\c1ccccc1O.Cc1ccc(C(=O)CN2C(=O)S/C(=C\c3ccc(OCC(=O)O)cc3)C2=O)cc1.O=C(O)COc1ccc(Br)cc1/C=C1\SC(=S)N(Cc2ccccc2)C1=O. The van der Waals surface area contributed by atoms with E-state index in [4.69, 9.17) is 36.6 Å². The molecule has 4 amide bonds. The third kappa shape index (κ3) is 15.9. The van der Waals surface area contributed by atoms with Gasteiger partial charge in [0.2, 0.25) is 0 Å². The molecule has 3 aliphatic rings. The van der Waals surface area contributed by atoms with Crippen LogP contribution >= 0.6 is 67.6 Å². The minimum Gasteiger partial charge on any atom is -0.507 e. The molecule has 6 aromatic carbocycles. The lowest BCUT2D eigenvalue weighted by molar-refractivity contribution is -0.140. The zero-order valence-corrected chi connectivity index (χ0v) is 49.2. The maximum Gasteiger partial charge on any atom is 0.341 e. The number of anilines is 1. The molecule has 0 spiro atoms. The molecule has 2 fully saturated rings.